The van der Waals surface area contributed by atoms with Crippen LogP contribution in [0.1, 0.15) is 23.5 Å². The van der Waals surface area contributed by atoms with Crippen LogP contribution < -0.4 is 4.74 Å². The number of non-ortho nitro benzene ring substituents is 1. The van der Waals surface area contributed by atoms with Crippen LogP contribution in [0.5, 0.6) is 5.75 Å². The first-order valence-corrected chi connectivity index (χ1v) is 6.42. The number of aliphatic hydroxyl groups excluding tert-OH is 1. The highest BCUT2D eigenvalue weighted by atomic mass is 32.1. The van der Waals surface area contributed by atoms with Gasteiger partial charge in [-0.15, -0.1) is 11.3 Å². The van der Waals surface area contributed by atoms with E-state index < -0.39 is 11.0 Å². The van der Waals surface area contributed by atoms with Crippen LogP contribution in [0.4, 0.5) is 5.69 Å². The van der Waals surface area contributed by atoms with E-state index in [4.69, 9.17) is 4.74 Å². The van der Waals surface area contributed by atoms with Gasteiger partial charge in [0.2, 0.25) is 0 Å². The molecule has 1 N–H and O–H groups in total. The summed E-state index contributed by atoms with van der Waals surface area (Å²) in [5.74, 6) is 0.439. The van der Waals surface area contributed by atoms with Gasteiger partial charge >= 0.3 is 0 Å². The fourth-order valence-electron chi connectivity index (χ4n) is 1.57. The first kappa shape index (κ1) is 13.4. The summed E-state index contributed by atoms with van der Waals surface area (Å²) < 4.78 is 5.57. The minimum atomic E-state index is -0.837. The van der Waals surface area contributed by atoms with Gasteiger partial charge in [-0.2, -0.15) is 0 Å². The van der Waals surface area contributed by atoms with Crippen molar-refractivity contribution >= 4 is 17.0 Å². The summed E-state index contributed by atoms with van der Waals surface area (Å²) in [5.41, 5.74) is 2.03. The Morgan fingerprint density at radius 1 is 1.58 bits per heavy atom. The molecular formula is C12H12N2O4S. The largest absolute Gasteiger partial charge is 0.488 e. The molecule has 2 rings (SSSR count). The van der Waals surface area contributed by atoms with Crippen molar-refractivity contribution in [3.05, 3.63) is 50.5 Å². The molecule has 0 fully saturated rings. The van der Waals surface area contributed by atoms with Crippen molar-refractivity contribution in [3.8, 4) is 5.75 Å². The molecule has 0 aliphatic rings. The summed E-state index contributed by atoms with van der Waals surface area (Å²) in [6.45, 7) is 1.86. The Kier molecular flexibility index (Phi) is 4.08. The third kappa shape index (κ3) is 3.27. The third-order valence-corrected chi connectivity index (χ3v) is 3.26. The highest BCUT2D eigenvalue weighted by Crippen LogP contribution is 2.30. The van der Waals surface area contributed by atoms with E-state index in [-0.39, 0.29) is 5.69 Å². The minimum absolute atomic E-state index is 0.0685. The summed E-state index contributed by atoms with van der Waals surface area (Å²) >= 11 is 1.46. The molecule has 0 radical (unpaired) electrons. The van der Waals surface area contributed by atoms with Gasteiger partial charge in [0.25, 0.3) is 5.69 Å². The van der Waals surface area contributed by atoms with Crippen molar-refractivity contribution in [1.82, 2.24) is 4.98 Å². The SMILES string of the molecule is C[C@H](O)c1cc([N+](=O)[O-])ccc1OCc1cncs1. The van der Waals surface area contributed by atoms with Crippen LogP contribution in [0.15, 0.2) is 29.9 Å². The van der Waals surface area contributed by atoms with Crippen LogP contribution in [0.2, 0.25) is 0 Å². The predicted molar refractivity (Wildman–Crippen MR) is 70.2 cm³/mol. The third-order valence-electron chi connectivity index (χ3n) is 2.51. The predicted octanol–water partition coefficient (Wildman–Crippen LogP) is 2.68. The molecule has 1 atom stereocenters. The molecule has 0 spiro atoms. The van der Waals surface area contributed by atoms with Gasteiger partial charge in [-0.1, -0.05) is 0 Å². The number of hydrogen-bond acceptors (Lipinski definition) is 6. The summed E-state index contributed by atoms with van der Waals surface area (Å²) in [4.78, 5) is 15.1. The molecule has 7 heteroatoms. The lowest BCUT2D eigenvalue weighted by atomic mass is 10.1. The Labute approximate surface area is 113 Å². The maximum absolute atomic E-state index is 10.7. The molecule has 1 aromatic carbocycles. The zero-order chi connectivity index (χ0) is 13.8. The van der Waals surface area contributed by atoms with Gasteiger partial charge in [0, 0.05) is 23.9 Å². The number of aromatic nitrogens is 1. The molecule has 0 aliphatic carbocycles. The van der Waals surface area contributed by atoms with Crippen LogP contribution in [0.25, 0.3) is 0 Å². The van der Waals surface area contributed by atoms with Gasteiger partial charge in [-0.3, -0.25) is 15.1 Å². The monoisotopic (exact) mass is 280 g/mol. The van der Waals surface area contributed by atoms with Crippen molar-refractivity contribution in [1.29, 1.82) is 0 Å². The minimum Gasteiger partial charge on any atom is -0.488 e. The molecule has 0 saturated carbocycles. The molecule has 0 saturated heterocycles. The number of benzene rings is 1. The highest BCUT2D eigenvalue weighted by molar-refractivity contribution is 7.09. The van der Waals surface area contributed by atoms with E-state index in [0.29, 0.717) is 17.9 Å². The summed E-state index contributed by atoms with van der Waals surface area (Å²) in [6, 6.07) is 4.18. The quantitative estimate of drug-likeness (QED) is 0.672. The molecule has 0 aliphatic heterocycles. The average molecular weight is 280 g/mol. The molecule has 0 unspecified atom stereocenters. The van der Waals surface area contributed by atoms with Crippen LogP contribution in [-0.4, -0.2) is 15.0 Å². The van der Waals surface area contributed by atoms with E-state index in [1.54, 1.807) is 18.6 Å². The van der Waals surface area contributed by atoms with E-state index in [2.05, 4.69) is 4.98 Å². The van der Waals surface area contributed by atoms with Gasteiger partial charge < -0.3 is 9.84 Å². The lowest BCUT2D eigenvalue weighted by molar-refractivity contribution is -0.385. The zero-order valence-corrected chi connectivity index (χ0v) is 11.0. The molecule has 0 amide bonds. The molecule has 19 heavy (non-hydrogen) atoms. The van der Waals surface area contributed by atoms with Gasteiger partial charge in [-0.05, 0) is 13.0 Å². The van der Waals surface area contributed by atoms with Gasteiger partial charge in [0.05, 0.1) is 21.4 Å². The zero-order valence-electron chi connectivity index (χ0n) is 10.1. The first-order valence-electron chi connectivity index (χ1n) is 5.54. The summed E-state index contributed by atoms with van der Waals surface area (Å²) in [7, 11) is 0. The molecule has 6 nitrogen and oxygen atoms in total. The molecule has 1 heterocycles. The van der Waals surface area contributed by atoms with E-state index >= 15 is 0 Å². The van der Waals surface area contributed by atoms with Gasteiger partial charge in [0.15, 0.2) is 0 Å². The molecule has 100 valence electrons. The fourth-order valence-corrected chi connectivity index (χ4v) is 2.08. The maximum atomic E-state index is 10.7. The second-order valence-electron chi connectivity index (χ2n) is 3.91. The Hall–Kier alpha value is -1.99. The van der Waals surface area contributed by atoms with E-state index in [1.165, 1.54) is 29.5 Å². The lowest BCUT2D eigenvalue weighted by Gasteiger charge is -2.12. The van der Waals surface area contributed by atoms with Crippen molar-refractivity contribution in [2.24, 2.45) is 0 Å². The second kappa shape index (κ2) is 5.77. The number of nitro groups is 1. The van der Waals surface area contributed by atoms with E-state index in [0.717, 1.165) is 4.88 Å². The van der Waals surface area contributed by atoms with Crippen LogP contribution in [0, 0.1) is 10.1 Å². The van der Waals surface area contributed by atoms with Gasteiger partial charge in [0.1, 0.15) is 12.4 Å². The van der Waals surface area contributed by atoms with Gasteiger partial charge in [-0.25, -0.2) is 0 Å². The molecule has 1 aromatic heterocycles. The average Bonchev–Trinajstić information content (AvgIpc) is 2.89. The Morgan fingerprint density at radius 2 is 2.37 bits per heavy atom. The topological polar surface area (TPSA) is 85.5 Å². The standard InChI is InChI=1S/C12H12N2O4S/c1-8(15)11-4-9(14(16)17)2-3-12(11)18-6-10-5-13-7-19-10/h2-5,7-8,15H,6H2,1H3/t8-/m0/s1. The van der Waals surface area contributed by atoms with E-state index in [9.17, 15) is 15.2 Å². The molecule has 2 aromatic rings. The summed E-state index contributed by atoms with van der Waals surface area (Å²) in [5, 5.41) is 20.4. The number of nitrogens with zero attached hydrogens (tertiary/aromatic N) is 2. The number of aliphatic hydroxyl groups is 1. The van der Waals surface area contributed by atoms with Crippen LogP contribution in [0.3, 0.4) is 0 Å². The van der Waals surface area contributed by atoms with Crippen molar-refractivity contribution in [3.63, 3.8) is 0 Å². The Balaban J connectivity index is 2.21. The number of nitro benzene ring substituents is 1. The van der Waals surface area contributed by atoms with Crippen LogP contribution in [-0.2, 0) is 6.61 Å². The number of rotatable bonds is 5. The number of hydrogen-bond donors (Lipinski definition) is 1. The van der Waals surface area contributed by atoms with E-state index in [1.807, 2.05) is 0 Å². The highest BCUT2D eigenvalue weighted by Gasteiger charge is 2.15. The molecule has 0 bridgehead atoms. The van der Waals surface area contributed by atoms with Crippen molar-refractivity contribution in [2.75, 3.05) is 0 Å². The lowest BCUT2D eigenvalue weighted by Crippen LogP contribution is -2.01. The smallest absolute Gasteiger partial charge is 0.270 e. The first-order chi connectivity index (χ1) is 9.08. The number of ether oxygens (including phenoxy) is 1. The Bertz CT molecular complexity index is 569. The fraction of sp³-hybridized carbons (Fsp3) is 0.250. The van der Waals surface area contributed by atoms with Crippen molar-refractivity contribution < 1.29 is 14.8 Å². The maximum Gasteiger partial charge on any atom is 0.270 e. The van der Waals surface area contributed by atoms with Crippen LogP contribution >= 0.6 is 11.3 Å². The second-order valence-corrected chi connectivity index (χ2v) is 4.88. The molecular weight excluding hydrogens is 268 g/mol. The van der Waals surface area contributed by atoms with Crippen molar-refractivity contribution in [2.45, 2.75) is 19.6 Å². The normalized spacial score (nSPS) is 12.1. The Morgan fingerprint density at radius 3 is 2.95 bits per heavy atom. The number of thiazole rings is 1. The summed E-state index contributed by atoms with van der Waals surface area (Å²) in [6.07, 6.45) is 0.856.